The van der Waals surface area contributed by atoms with Crippen molar-refractivity contribution in [2.24, 2.45) is 5.92 Å². The summed E-state index contributed by atoms with van der Waals surface area (Å²) in [6.45, 7) is 4.24. The Morgan fingerprint density at radius 3 is 2.47 bits per heavy atom. The van der Waals surface area contributed by atoms with Crippen molar-refractivity contribution in [2.45, 2.75) is 32.1 Å². The molecule has 0 aliphatic carbocycles. The molecule has 0 radical (unpaired) electrons. The first-order chi connectivity index (χ1) is 7.00. The molecule has 0 aliphatic rings. The SMILES string of the molecule is CC(C)C(Cl)CCc1cc(Cl)ccc1Cl. The van der Waals surface area contributed by atoms with E-state index in [1.165, 1.54) is 0 Å². The molecule has 1 aromatic rings. The average molecular weight is 266 g/mol. The van der Waals surface area contributed by atoms with Crippen LogP contribution >= 0.6 is 34.8 Å². The van der Waals surface area contributed by atoms with Crippen LogP contribution in [-0.4, -0.2) is 5.38 Å². The zero-order chi connectivity index (χ0) is 11.4. The fourth-order valence-electron chi connectivity index (χ4n) is 1.36. The Morgan fingerprint density at radius 2 is 1.87 bits per heavy atom. The van der Waals surface area contributed by atoms with Gasteiger partial charge in [0.15, 0.2) is 0 Å². The minimum atomic E-state index is 0.194. The quantitative estimate of drug-likeness (QED) is 0.657. The zero-order valence-corrected chi connectivity index (χ0v) is 11.2. The van der Waals surface area contributed by atoms with Crippen LogP contribution in [0, 0.1) is 5.92 Å². The highest BCUT2D eigenvalue weighted by molar-refractivity contribution is 6.33. The van der Waals surface area contributed by atoms with E-state index in [0.29, 0.717) is 5.92 Å². The maximum absolute atomic E-state index is 6.18. The number of hydrogen-bond donors (Lipinski definition) is 0. The molecule has 0 N–H and O–H groups in total. The second kappa shape index (κ2) is 5.98. The summed E-state index contributed by atoms with van der Waals surface area (Å²) in [5.74, 6) is 0.490. The van der Waals surface area contributed by atoms with Gasteiger partial charge in [0.05, 0.1) is 0 Å². The van der Waals surface area contributed by atoms with Gasteiger partial charge in [0.25, 0.3) is 0 Å². The molecule has 84 valence electrons. The van der Waals surface area contributed by atoms with E-state index in [1.807, 2.05) is 12.1 Å². The maximum atomic E-state index is 6.18. The van der Waals surface area contributed by atoms with Gasteiger partial charge in [0.1, 0.15) is 0 Å². The summed E-state index contributed by atoms with van der Waals surface area (Å²) in [4.78, 5) is 0. The van der Waals surface area contributed by atoms with E-state index in [2.05, 4.69) is 13.8 Å². The van der Waals surface area contributed by atoms with Crippen LogP contribution < -0.4 is 0 Å². The second-order valence-corrected chi connectivity index (χ2v) is 5.44. The molecule has 0 heterocycles. The molecule has 0 spiro atoms. The summed E-state index contributed by atoms with van der Waals surface area (Å²) >= 11 is 18.1. The topological polar surface area (TPSA) is 0 Å². The van der Waals surface area contributed by atoms with Gasteiger partial charge in [-0.15, -0.1) is 11.6 Å². The van der Waals surface area contributed by atoms with E-state index in [4.69, 9.17) is 34.8 Å². The number of aryl methyl sites for hydroxylation is 1. The first kappa shape index (κ1) is 13.2. The fraction of sp³-hybridized carbons (Fsp3) is 0.500. The Hall–Kier alpha value is 0.0900. The van der Waals surface area contributed by atoms with Gasteiger partial charge in [0.2, 0.25) is 0 Å². The van der Waals surface area contributed by atoms with Crippen molar-refractivity contribution in [3.05, 3.63) is 33.8 Å². The predicted octanol–water partition coefficient (Wildman–Crippen LogP) is 5.19. The molecule has 0 amide bonds. The summed E-state index contributed by atoms with van der Waals surface area (Å²) in [5, 5.41) is 1.69. The summed E-state index contributed by atoms with van der Waals surface area (Å²) in [7, 11) is 0. The van der Waals surface area contributed by atoms with Gasteiger partial charge in [-0.1, -0.05) is 37.0 Å². The molecule has 15 heavy (non-hydrogen) atoms. The summed E-state index contributed by atoms with van der Waals surface area (Å²) in [6, 6.07) is 5.54. The molecule has 3 heteroatoms. The fourth-order valence-corrected chi connectivity index (χ4v) is 1.88. The van der Waals surface area contributed by atoms with E-state index in [-0.39, 0.29) is 5.38 Å². The van der Waals surface area contributed by atoms with Gasteiger partial charge in [-0.05, 0) is 42.5 Å². The van der Waals surface area contributed by atoms with E-state index < -0.39 is 0 Å². The van der Waals surface area contributed by atoms with E-state index in [1.54, 1.807) is 6.07 Å². The third-order valence-corrected chi connectivity index (χ3v) is 3.75. The molecule has 1 rings (SSSR count). The Morgan fingerprint density at radius 1 is 1.20 bits per heavy atom. The molecule has 1 atom stereocenters. The van der Waals surface area contributed by atoms with Gasteiger partial charge < -0.3 is 0 Å². The van der Waals surface area contributed by atoms with Crippen LogP contribution in [0.1, 0.15) is 25.8 Å². The van der Waals surface area contributed by atoms with Gasteiger partial charge in [0, 0.05) is 15.4 Å². The van der Waals surface area contributed by atoms with Crippen molar-refractivity contribution in [2.75, 3.05) is 0 Å². The summed E-state index contributed by atoms with van der Waals surface area (Å²) in [5.41, 5.74) is 1.08. The normalized spacial score (nSPS) is 13.2. The number of benzene rings is 1. The van der Waals surface area contributed by atoms with Crippen molar-refractivity contribution >= 4 is 34.8 Å². The number of halogens is 3. The molecule has 0 fully saturated rings. The van der Waals surface area contributed by atoms with Gasteiger partial charge >= 0.3 is 0 Å². The molecule has 0 nitrogen and oxygen atoms in total. The third-order valence-electron chi connectivity index (χ3n) is 2.42. The minimum Gasteiger partial charge on any atom is -0.123 e. The molecule has 0 saturated heterocycles. The van der Waals surface area contributed by atoms with Gasteiger partial charge in [-0.3, -0.25) is 0 Å². The van der Waals surface area contributed by atoms with Crippen molar-refractivity contribution in [3.63, 3.8) is 0 Å². The van der Waals surface area contributed by atoms with Crippen LogP contribution in [0.25, 0.3) is 0 Å². The van der Waals surface area contributed by atoms with E-state index in [0.717, 1.165) is 28.5 Å². The molecule has 1 unspecified atom stereocenters. The van der Waals surface area contributed by atoms with Gasteiger partial charge in [-0.25, -0.2) is 0 Å². The molecule has 0 saturated carbocycles. The number of alkyl halides is 1. The third kappa shape index (κ3) is 4.22. The summed E-state index contributed by atoms with van der Waals surface area (Å²) in [6.07, 6.45) is 1.81. The van der Waals surface area contributed by atoms with Crippen LogP contribution in [0.5, 0.6) is 0 Å². The number of rotatable bonds is 4. The molecular weight excluding hydrogens is 250 g/mol. The largest absolute Gasteiger partial charge is 0.123 e. The highest BCUT2D eigenvalue weighted by Gasteiger charge is 2.10. The molecule has 0 aliphatic heterocycles. The maximum Gasteiger partial charge on any atom is 0.0439 e. The summed E-state index contributed by atoms with van der Waals surface area (Å²) < 4.78 is 0. The highest BCUT2D eigenvalue weighted by Crippen LogP contribution is 2.24. The van der Waals surface area contributed by atoms with Crippen molar-refractivity contribution in [3.8, 4) is 0 Å². The van der Waals surface area contributed by atoms with Crippen LogP contribution in [-0.2, 0) is 6.42 Å². The molecule has 0 aromatic heterocycles. The first-order valence-corrected chi connectivity index (χ1v) is 6.28. The Kier molecular flexibility index (Phi) is 5.25. The van der Waals surface area contributed by atoms with Crippen molar-refractivity contribution < 1.29 is 0 Å². The molecule has 1 aromatic carbocycles. The standard InChI is InChI=1S/C12H15Cl3/c1-8(2)11(14)5-3-9-7-10(13)4-6-12(9)15/h4,6-8,11H,3,5H2,1-2H3. The van der Waals surface area contributed by atoms with E-state index >= 15 is 0 Å². The highest BCUT2D eigenvalue weighted by atomic mass is 35.5. The monoisotopic (exact) mass is 264 g/mol. The van der Waals surface area contributed by atoms with Crippen molar-refractivity contribution in [1.82, 2.24) is 0 Å². The van der Waals surface area contributed by atoms with Crippen LogP contribution in [0.15, 0.2) is 18.2 Å². The Labute approximate surface area is 107 Å². The smallest absolute Gasteiger partial charge is 0.0439 e. The van der Waals surface area contributed by atoms with Crippen LogP contribution in [0.4, 0.5) is 0 Å². The van der Waals surface area contributed by atoms with Crippen LogP contribution in [0.3, 0.4) is 0 Å². The molecule has 0 bridgehead atoms. The van der Waals surface area contributed by atoms with Gasteiger partial charge in [-0.2, -0.15) is 0 Å². The van der Waals surface area contributed by atoms with E-state index in [9.17, 15) is 0 Å². The lowest BCUT2D eigenvalue weighted by molar-refractivity contribution is 0.565. The Balaban J connectivity index is 2.61. The number of hydrogen-bond acceptors (Lipinski definition) is 0. The second-order valence-electron chi connectivity index (χ2n) is 4.03. The molecular formula is C12H15Cl3. The lowest BCUT2D eigenvalue weighted by atomic mass is 10.0. The van der Waals surface area contributed by atoms with Crippen molar-refractivity contribution in [1.29, 1.82) is 0 Å². The first-order valence-electron chi connectivity index (χ1n) is 5.08. The lowest BCUT2D eigenvalue weighted by Gasteiger charge is -2.13. The zero-order valence-electron chi connectivity index (χ0n) is 8.93. The van der Waals surface area contributed by atoms with Crippen LogP contribution in [0.2, 0.25) is 10.0 Å². The minimum absolute atomic E-state index is 0.194. The predicted molar refractivity (Wildman–Crippen MR) is 69.3 cm³/mol. The lowest BCUT2D eigenvalue weighted by Crippen LogP contribution is -2.08. The Bertz CT molecular complexity index is 321. The average Bonchev–Trinajstić information content (AvgIpc) is 2.18.